The number of fused-ring (bicyclic) bond motifs is 3. The second-order valence-corrected chi connectivity index (χ2v) is 9.64. The van der Waals surface area contributed by atoms with Gasteiger partial charge in [0.1, 0.15) is 0 Å². The third-order valence-electron chi connectivity index (χ3n) is 5.83. The van der Waals surface area contributed by atoms with E-state index >= 15 is 0 Å². The molecule has 0 radical (unpaired) electrons. The zero-order valence-corrected chi connectivity index (χ0v) is 15.2. The summed E-state index contributed by atoms with van der Waals surface area (Å²) in [4.78, 5) is 23.6. The molecule has 2 aliphatic heterocycles. The van der Waals surface area contributed by atoms with Crippen LogP contribution in [-0.4, -0.2) is 39.6 Å². The molecule has 3 aliphatic rings. The zero-order chi connectivity index (χ0) is 16.1. The van der Waals surface area contributed by atoms with E-state index in [0.29, 0.717) is 32.3 Å². The molecule has 0 amide bonds. The Labute approximate surface area is 138 Å². The molecule has 1 saturated carbocycles. The summed E-state index contributed by atoms with van der Waals surface area (Å²) in [6.07, 6.45) is 2.06. The quantitative estimate of drug-likeness (QED) is 0.425. The van der Waals surface area contributed by atoms with Gasteiger partial charge in [-0.05, 0) is 0 Å². The first-order chi connectivity index (χ1) is 10.3. The molecule has 3 rings (SSSR count). The van der Waals surface area contributed by atoms with Crippen LogP contribution >= 0.6 is 0 Å². The fourth-order valence-corrected chi connectivity index (χ4v) is 7.45. The zero-order valence-electron chi connectivity index (χ0n) is 13.5. The summed E-state index contributed by atoms with van der Waals surface area (Å²) < 4.78 is 11.1. The molecule has 4 nitrogen and oxygen atoms in total. The Kier molecular flexibility index (Phi) is 4.15. The van der Waals surface area contributed by atoms with Gasteiger partial charge in [-0.2, -0.15) is 0 Å². The topological polar surface area (TPSA) is 52.6 Å². The van der Waals surface area contributed by atoms with Crippen LogP contribution < -0.4 is 0 Å². The van der Waals surface area contributed by atoms with E-state index in [1.165, 1.54) is 12.5 Å². The van der Waals surface area contributed by atoms with E-state index in [1.54, 1.807) is 0 Å². The van der Waals surface area contributed by atoms with Gasteiger partial charge >= 0.3 is 138 Å². The number of hydrogen-bond donors (Lipinski definition) is 0. The molecular formula is C17H24O4Se. The molecule has 0 aromatic heterocycles. The minimum atomic E-state index is -0.213. The summed E-state index contributed by atoms with van der Waals surface area (Å²) >= 11 is 0.388. The van der Waals surface area contributed by atoms with Crippen molar-refractivity contribution in [3.8, 4) is 0 Å². The van der Waals surface area contributed by atoms with Gasteiger partial charge in [-0.1, -0.05) is 0 Å². The monoisotopic (exact) mass is 372 g/mol. The van der Waals surface area contributed by atoms with Crippen LogP contribution in [-0.2, 0) is 19.1 Å². The van der Waals surface area contributed by atoms with Crippen molar-refractivity contribution < 1.29 is 19.1 Å². The summed E-state index contributed by atoms with van der Waals surface area (Å²) in [6, 6.07) is 0. The molecular weight excluding hydrogens is 347 g/mol. The van der Waals surface area contributed by atoms with Gasteiger partial charge in [0.25, 0.3) is 0 Å². The van der Waals surface area contributed by atoms with Gasteiger partial charge in [0.05, 0.1) is 0 Å². The van der Waals surface area contributed by atoms with E-state index in [0.717, 1.165) is 18.2 Å². The first-order valence-electron chi connectivity index (χ1n) is 7.97. The standard InChI is InChI=1S/C17H24O4Se/c1-9-8-22-13(7-20-11(3)18)17(4)6-5-12-10(2)16(19)21-15(12)14(9)17/h10,12-15H,1,5-8H2,2-4H3/t10-,12-,13+,14+,15-,17-/m0/s1. The third kappa shape index (κ3) is 2.43. The van der Waals surface area contributed by atoms with Crippen LogP contribution in [0.5, 0.6) is 0 Å². The predicted octanol–water partition coefficient (Wildman–Crippen LogP) is 2.62. The fourth-order valence-electron chi connectivity index (χ4n) is 4.51. The number of ether oxygens (including phenoxy) is 2. The molecule has 3 fully saturated rings. The molecule has 0 aromatic rings. The van der Waals surface area contributed by atoms with E-state index in [4.69, 9.17) is 9.47 Å². The van der Waals surface area contributed by atoms with Crippen LogP contribution in [0.4, 0.5) is 0 Å². The fraction of sp³-hybridized carbons (Fsp3) is 0.765. The van der Waals surface area contributed by atoms with Crippen LogP contribution in [0.1, 0.15) is 33.6 Å². The van der Waals surface area contributed by atoms with Crippen LogP contribution in [0.2, 0.25) is 10.1 Å². The van der Waals surface area contributed by atoms with Crippen LogP contribution in [0.15, 0.2) is 12.2 Å². The normalized spacial score (nSPS) is 44.0. The molecule has 0 aromatic carbocycles. The van der Waals surface area contributed by atoms with E-state index in [2.05, 4.69) is 13.5 Å². The van der Waals surface area contributed by atoms with Gasteiger partial charge in [-0.25, -0.2) is 0 Å². The van der Waals surface area contributed by atoms with E-state index in [1.807, 2.05) is 6.92 Å². The summed E-state index contributed by atoms with van der Waals surface area (Å²) in [7, 11) is 0. The second-order valence-electron chi connectivity index (χ2n) is 7.14. The minimum absolute atomic E-state index is 0.00158. The van der Waals surface area contributed by atoms with Crippen molar-refractivity contribution in [2.75, 3.05) is 6.61 Å². The Morgan fingerprint density at radius 3 is 2.95 bits per heavy atom. The molecule has 5 heteroatoms. The van der Waals surface area contributed by atoms with Crippen LogP contribution in [0.25, 0.3) is 0 Å². The van der Waals surface area contributed by atoms with Crippen LogP contribution in [0, 0.1) is 23.2 Å². The van der Waals surface area contributed by atoms with Gasteiger partial charge in [0, 0.05) is 0 Å². The van der Waals surface area contributed by atoms with E-state index < -0.39 is 0 Å². The molecule has 0 spiro atoms. The first kappa shape index (κ1) is 16.1. The third-order valence-corrected chi connectivity index (χ3v) is 9.21. The SMILES string of the molecule is C=C1C[Se][C@H](COC(C)=O)[C@]2(C)CC[C@@H]3[C@H](OC(=O)[C@H]3C)[C@@H]12. The molecule has 6 atom stereocenters. The Morgan fingerprint density at radius 1 is 1.55 bits per heavy atom. The number of carbonyl (C=O) groups is 2. The van der Waals surface area contributed by atoms with E-state index in [9.17, 15) is 9.59 Å². The molecule has 0 bridgehead atoms. The van der Waals surface area contributed by atoms with Gasteiger partial charge in [-0.3, -0.25) is 0 Å². The van der Waals surface area contributed by atoms with Gasteiger partial charge in [0.2, 0.25) is 0 Å². The Hall–Kier alpha value is -0.801. The van der Waals surface area contributed by atoms with Crippen molar-refractivity contribution in [2.45, 2.75) is 49.9 Å². The van der Waals surface area contributed by atoms with Crippen molar-refractivity contribution in [2.24, 2.45) is 23.2 Å². The molecule has 2 saturated heterocycles. The van der Waals surface area contributed by atoms with E-state index in [-0.39, 0.29) is 35.3 Å². The average Bonchev–Trinajstić information content (AvgIpc) is 2.72. The molecule has 122 valence electrons. The van der Waals surface area contributed by atoms with Gasteiger partial charge < -0.3 is 0 Å². The van der Waals surface area contributed by atoms with Crippen molar-refractivity contribution in [3.05, 3.63) is 12.2 Å². The Bertz CT molecular complexity index is 517. The average molecular weight is 371 g/mol. The number of hydrogen-bond acceptors (Lipinski definition) is 4. The van der Waals surface area contributed by atoms with Gasteiger partial charge in [-0.15, -0.1) is 0 Å². The predicted molar refractivity (Wildman–Crippen MR) is 83.4 cm³/mol. The number of carbonyl (C=O) groups excluding carboxylic acids is 2. The first-order valence-corrected chi connectivity index (χ1v) is 10.2. The number of rotatable bonds is 2. The molecule has 22 heavy (non-hydrogen) atoms. The Balaban J connectivity index is 1.86. The van der Waals surface area contributed by atoms with Crippen LogP contribution in [0.3, 0.4) is 0 Å². The summed E-state index contributed by atoms with van der Waals surface area (Å²) in [5, 5.41) is 0.994. The number of esters is 2. The molecule has 1 aliphatic carbocycles. The summed E-state index contributed by atoms with van der Waals surface area (Å²) in [5.74, 6) is 0.273. The van der Waals surface area contributed by atoms with Crippen molar-refractivity contribution in [1.29, 1.82) is 0 Å². The van der Waals surface area contributed by atoms with Crippen molar-refractivity contribution in [3.63, 3.8) is 0 Å². The maximum atomic E-state index is 12.0. The molecule has 0 unspecified atom stereocenters. The Morgan fingerprint density at radius 2 is 2.27 bits per heavy atom. The van der Waals surface area contributed by atoms with Gasteiger partial charge in [0.15, 0.2) is 0 Å². The second kappa shape index (κ2) is 5.68. The maximum absolute atomic E-state index is 12.0. The van der Waals surface area contributed by atoms with Crippen molar-refractivity contribution >= 4 is 26.9 Å². The molecule has 2 heterocycles. The van der Waals surface area contributed by atoms with Crippen molar-refractivity contribution in [1.82, 2.24) is 0 Å². The molecule has 0 N–H and O–H groups in total. The summed E-state index contributed by atoms with van der Waals surface area (Å²) in [5.41, 5.74) is 1.27. The summed E-state index contributed by atoms with van der Waals surface area (Å²) in [6.45, 7) is 10.5.